The summed E-state index contributed by atoms with van der Waals surface area (Å²) in [5.74, 6) is -1.20. The summed E-state index contributed by atoms with van der Waals surface area (Å²) < 4.78 is 32.1. The molecule has 1 amide bonds. The lowest BCUT2D eigenvalue weighted by Crippen LogP contribution is -2.24. The summed E-state index contributed by atoms with van der Waals surface area (Å²) in [7, 11) is 0. The van der Waals surface area contributed by atoms with E-state index in [1.54, 1.807) is 12.1 Å². The van der Waals surface area contributed by atoms with Crippen molar-refractivity contribution in [2.75, 3.05) is 0 Å². The molecule has 24 heavy (non-hydrogen) atoms. The van der Waals surface area contributed by atoms with Gasteiger partial charge < -0.3 is 10.1 Å². The Morgan fingerprint density at radius 2 is 2.12 bits per heavy atom. The molecule has 0 radical (unpaired) electrons. The molecule has 128 valence electrons. The molecule has 1 heterocycles. The lowest BCUT2D eigenvalue weighted by molar-refractivity contribution is -0.122. The zero-order valence-corrected chi connectivity index (χ0v) is 13.7. The van der Waals surface area contributed by atoms with E-state index in [0.29, 0.717) is 17.9 Å². The first-order valence-corrected chi connectivity index (χ1v) is 7.83. The third-order valence-electron chi connectivity index (χ3n) is 3.66. The van der Waals surface area contributed by atoms with E-state index in [-0.39, 0.29) is 24.1 Å². The van der Waals surface area contributed by atoms with Crippen molar-refractivity contribution in [2.24, 2.45) is 5.92 Å². The molecule has 1 N–H and O–H groups in total. The molecule has 1 aromatic heterocycles. The predicted octanol–water partition coefficient (Wildman–Crippen LogP) is 4.20. The van der Waals surface area contributed by atoms with E-state index in [2.05, 4.69) is 10.3 Å². The molecule has 0 spiro atoms. The molecule has 0 saturated heterocycles. The van der Waals surface area contributed by atoms with Crippen LogP contribution in [0.25, 0.3) is 0 Å². The fourth-order valence-electron chi connectivity index (χ4n) is 2.04. The van der Waals surface area contributed by atoms with Crippen LogP contribution in [0.1, 0.15) is 32.3 Å². The predicted molar refractivity (Wildman–Crippen MR) is 86.6 cm³/mol. The number of nitrogens with zero attached hydrogens (tertiary/aromatic N) is 1. The lowest BCUT2D eigenvalue weighted by atomic mass is 10.1. The Labute approximate surface area is 139 Å². The van der Waals surface area contributed by atoms with Gasteiger partial charge in [-0.15, -0.1) is 0 Å². The van der Waals surface area contributed by atoms with Gasteiger partial charge in [0.2, 0.25) is 11.8 Å². The van der Waals surface area contributed by atoms with Crippen LogP contribution < -0.4 is 10.1 Å². The van der Waals surface area contributed by atoms with E-state index in [9.17, 15) is 13.6 Å². The van der Waals surface area contributed by atoms with E-state index in [0.717, 1.165) is 18.6 Å². The molecule has 2 rings (SSSR count). The first kappa shape index (κ1) is 17.8. The second-order valence-electron chi connectivity index (χ2n) is 5.64. The van der Waals surface area contributed by atoms with Gasteiger partial charge in [0.05, 0.1) is 0 Å². The largest absolute Gasteiger partial charge is 0.436 e. The highest BCUT2D eigenvalue weighted by atomic mass is 19.1. The summed E-state index contributed by atoms with van der Waals surface area (Å²) in [6.45, 7) is 4.26. The van der Waals surface area contributed by atoms with Gasteiger partial charge in [-0.25, -0.2) is 13.8 Å². The Morgan fingerprint density at radius 3 is 2.83 bits per heavy atom. The summed E-state index contributed by atoms with van der Waals surface area (Å²) in [5, 5.41) is 2.80. The maximum atomic E-state index is 13.7. The molecule has 1 atom stereocenters. The number of carbonyl (C=O) groups excluding carboxylic acids is 1. The number of halogens is 2. The summed E-state index contributed by atoms with van der Waals surface area (Å²) in [6.07, 6.45) is 2.87. The zero-order valence-electron chi connectivity index (χ0n) is 13.7. The van der Waals surface area contributed by atoms with Crippen molar-refractivity contribution >= 4 is 5.91 Å². The van der Waals surface area contributed by atoms with Gasteiger partial charge in [0.1, 0.15) is 5.82 Å². The standard InChI is InChI=1S/C18H20F2N2O2/c1-3-12(2)9-17(23)22-11-13-5-4-8-21-18(13)24-16-7-6-14(19)10-15(16)20/h4-8,10,12H,3,9,11H2,1-2H3,(H,22,23)/t12-/m0/s1. The van der Waals surface area contributed by atoms with Gasteiger partial charge in [-0.1, -0.05) is 26.3 Å². The second kappa shape index (κ2) is 8.38. The third kappa shape index (κ3) is 5.01. The molecule has 4 nitrogen and oxygen atoms in total. The fourth-order valence-corrected chi connectivity index (χ4v) is 2.04. The van der Waals surface area contributed by atoms with E-state index in [4.69, 9.17) is 4.74 Å². The lowest BCUT2D eigenvalue weighted by Gasteiger charge is -2.12. The van der Waals surface area contributed by atoms with Crippen LogP contribution in [0.15, 0.2) is 36.5 Å². The maximum Gasteiger partial charge on any atom is 0.224 e. The number of rotatable bonds is 7. The number of aromatic nitrogens is 1. The average Bonchev–Trinajstić information content (AvgIpc) is 2.56. The van der Waals surface area contributed by atoms with Gasteiger partial charge in [-0.2, -0.15) is 0 Å². The Morgan fingerprint density at radius 1 is 1.33 bits per heavy atom. The summed E-state index contributed by atoms with van der Waals surface area (Å²) in [5.41, 5.74) is 0.610. The highest BCUT2D eigenvalue weighted by Gasteiger charge is 2.12. The third-order valence-corrected chi connectivity index (χ3v) is 3.66. The molecule has 0 unspecified atom stereocenters. The zero-order chi connectivity index (χ0) is 17.5. The van der Waals surface area contributed by atoms with Gasteiger partial charge in [0, 0.05) is 30.8 Å². The fraction of sp³-hybridized carbons (Fsp3) is 0.333. The van der Waals surface area contributed by atoms with Crippen LogP contribution >= 0.6 is 0 Å². The van der Waals surface area contributed by atoms with Crippen LogP contribution in [0.5, 0.6) is 11.6 Å². The number of hydrogen-bond donors (Lipinski definition) is 1. The normalized spacial score (nSPS) is 11.8. The van der Waals surface area contributed by atoms with Gasteiger partial charge in [0.15, 0.2) is 11.6 Å². The van der Waals surface area contributed by atoms with Crippen LogP contribution in [0.4, 0.5) is 8.78 Å². The minimum absolute atomic E-state index is 0.0629. The first-order valence-electron chi connectivity index (χ1n) is 7.83. The Kier molecular flexibility index (Phi) is 6.23. The van der Waals surface area contributed by atoms with Crippen LogP contribution in [0, 0.1) is 17.6 Å². The Hall–Kier alpha value is -2.50. The summed E-state index contributed by atoms with van der Waals surface area (Å²) in [4.78, 5) is 15.9. The highest BCUT2D eigenvalue weighted by molar-refractivity contribution is 5.76. The van der Waals surface area contributed by atoms with E-state index < -0.39 is 11.6 Å². The van der Waals surface area contributed by atoms with Crippen molar-refractivity contribution in [3.8, 4) is 11.6 Å². The van der Waals surface area contributed by atoms with Gasteiger partial charge in [-0.05, 0) is 24.1 Å². The minimum atomic E-state index is -0.813. The maximum absolute atomic E-state index is 13.7. The molecule has 0 aliphatic carbocycles. The van der Waals surface area contributed by atoms with E-state index >= 15 is 0 Å². The van der Waals surface area contributed by atoms with Crippen molar-refractivity contribution < 1.29 is 18.3 Å². The van der Waals surface area contributed by atoms with Crippen LogP contribution in [-0.2, 0) is 11.3 Å². The highest BCUT2D eigenvalue weighted by Crippen LogP contribution is 2.26. The number of benzene rings is 1. The first-order chi connectivity index (χ1) is 11.5. The Balaban J connectivity index is 2.06. The van der Waals surface area contributed by atoms with Crippen LogP contribution in [0.2, 0.25) is 0 Å². The molecule has 0 fully saturated rings. The molecular weight excluding hydrogens is 314 g/mol. The average molecular weight is 334 g/mol. The quantitative estimate of drug-likeness (QED) is 0.825. The van der Waals surface area contributed by atoms with Gasteiger partial charge in [0.25, 0.3) is 0 Å². The number of carbonyl (C=O) groups is 1. The van der Waals surface area contributed by atoms with Gasteiger partial charge >= 0.3 is 0 Å². The number of nitrogens with one attached hydrogen (secondary N) is 1. The summed E-state index contributed by atoms with van der Waals surface area (Å²) >= 11 is 0. The molecule has 6 heteroatoms. The number of pyridine rings is 1. The molecule has 2 aromatic rings. The van der Waals surface area contributed by atoms with Crippen molar-refractivity contribution in [2.45, 2.75) is 33.2 Å². The van der Waals surface area contributed by atoms with Crippen molar-refractivity contribution in [1.82, 2.24) is 10.3 Å². The molecule has 0 saturated carbocycles. The van der Waals surface area contributed by atoms with Crippen molar-refractivity contribution in [3.63, 3.8) is 0 Å². The Bertz CT molecular complexity index is 707. The molecule has 1 aromatic carbocycles. The van der Waals surface area contributed by atoms with Crippen molar-refractivity contribution in [3.05, 3.63) is 53.7 Å². The molecule has 0 aliphatic rings. The van der Waals surface area contributed by atoms with Crippen LogP contribution in [-0.4, -0.2) is 10.9 Å². The smallest absolute Gasteiger partial charge is 0.224 e. The van der Waals surface area contributed by atoms with E-state index in [1.807, 2.05) is 13.8 Å². The van der Waals surface area contributed by atoms with Crippen molar-refractivity contribution in [1.29, 1.82) is 0 Å². The van der Waals surface area contributed by atoms with Gasteiger partial charge in [-0.3, -0.25) is 4.79 Å². The summed E-state index contributed by atoms with van der Waals surface area (Å²) in [6, 6.07) is 6.47. The minimum Gasteiger partial charge on any atom is -0.436 e. The van der Waals surface area contributed by atoms with E-state index in [1.165, 1.54) is 12.3 Å². The topological polar surface area (TPSA) is 51.2 Å². The second-order valence-corrected chi connectivity index (χ2v) is 5.64. The van der Waals surface area contributed by atoms with Crippen LogP contribution in [0.3, 0.4) is 0 Å². The monoisotopic (exact) mass is 334 g/mol. The molecular formula is C18H20F2N2O2. The molecule has 0 bridgehead atoms. The number of ether oxygens (including phenoxy) is 1. The molecule has 0 aliphatic heterocycles. The SMILES string of the molecule is CC[C@H](C)CC(=O)NCc1cccnc1Oc1ccc(F)cc1F. The number of amides is 1. The number of hydrogen-bond acceptors (Lipinski definition) is 3.